The van der Waals surface area contributed by atoms with Gasteiger partial charge in [0.15, 0.2) is 0 Å². The van der Waals surface area contributed by atoms with Gasteiger partial charge in [0.2, 0.25) is 11.5 Å². The highest BCUT2D eigenvalue weighted by atomic mass is 16.4. The fraction of sp³-hybridized carbons (Fsp3) is 0.176. The lowest BCUT2D eigenvalue weighted by Crippen LogP contribution is -2.12. The number of para-hydroxylation sites is 1. The lowest BCUT2D eigenvalue weighted by Gasteiger charge is -2.02. The molecule has 22 heavy (non-hydrogen) atoms. The van der Waals surface area contributed by atoms with E-state index in [0.717, 1.165) is 30.3 Å². The Bertz CT molecular complexity index is 868. The molecule has 1 aliphatic carbocycles. The predicted octanol–water partition coefficient (Wildman–Crippen LogP) is 3.15. The third-order valence-corrected chi connectivity index (χ3v) is 3.99. The number of hydrogen-bond donors (Lipinski definition) is 2. The minimum atomic E-state index is -0.359. The number of pyridine rings is 1. The lowest BCUT2D eigenvalue weighted by atomic mass is 10.1. The van der Waals surface area contributed by atoms with E-state index in [0.29, 0.717) is 17.1 Å². The van der Waals surface area contributed by atoms with E-state index in [4.69, 9.17) is 10.2 Å². The monoisotopic (exact) mass is 293 g/mol. The highest BCUT2D eigenvalue weighted by Crippen LogP contribution is 2.32. The molecule has 0 aliphatic heterocycles. The Morgan fingerprint density at radius 3 is 2.86 bits per heavy atom. The van der Waals surface area contributed by atoms with E-state index >= 15 is 0 Å². The number of nitrogens with one attached hydrogen (secondary N) is 1. The zero-order chi connectivity index (χ0) is 15.1. The van der Waals surface area contributed by atoms with E-state index < -0.39 is 0 Å². The average Bonchev–Trinajstić information content (AvgIpc) is 3.11. The van der Waals surface area contributed by atoms with Gasteiger partial charge in [-0.05, 0) is 43.0 Å². The Labute approximate surface area is 127 Å². The molecule has 2 heterocycles. The topological polar surface area (TPSA) is 81.2 Å². The molecule has 3 N–H and O–H groups in total. The van der Waals surface area contributed by atoms with Crippen molar-refractivity contribution < 1.29 is 9.21 Å². The Balaban J connectivity index is 1.73. The molecule has 0 unspecified atom stereocenters. The summed E-state index contributed by atoms with van der Waals surface area (Å²) in [6.45, 7) is 0. The van der Waals surface area contributed by atoms with Crippen LogP contribution in [0.25, 0.3) is 11.1 Å². The third-order valence-electron chi connectivity index (χ3n) is 3.99. The van der Waals surface area contributed by atoms with Crippen molar-refractivity contribution in [3.8, 4) is 0 Å². The van der Waals surface area contributed by atoms with Gasteiger partial charge < -0.3 is 15.5 Å². The van der Waals surface area contributed by atoms with Gasteiger partial charge in [0.25, 0.3) is 5.91 Å². The molecular formula is C17H15N3O2. The van der Waals surface area contributed by atoms with Crippen molar-refractivity contribution in [2.45, 2.75) is 19.3 Å². The van der Waals surface area contributed by atoms with Gasteiger partial charge in [-0.1, -0.05) is 18.2 Å². The summed E-state index contributed by atoms with van der Waals surface area (Å²) < 4.78 is 5.61. The van der Waals surface area contributed by atoms with Crippen LogP contribution in [-0.4, -0.2) is 10.9 Å². The van der Waals surface area contributed by atoms with Crippen LogP contribution in [-0.2, 0) is 12.8 Å². The molecule has 0 bridgehead atoms. The maximum absolute atomic E-state index is 12.3. The van der Waals surface area contributed by atoms with Crippen LogP contribution in [0.2, 0.25) is 0 Å². The van der Waals surface area contributed by atoms with Gasteiger partial charge in [0, 0.05) is 11.4 Å². The Morgan fingerprint density at radius 2 is 2.05 bits per heavy atom. The molecule has 1 aromatic carbocycles. The molecule has 110 valence electrons. The van der Waals surface area contributed by atoms with Crippen LogP contribution in [0.1, 0.15) is 28.2 Å². The number of hydrogen-bond acceptors (Lipinski definition) is 4. The quantitative estimate of drug-likeness (QED) is 0.760. The van der Waals surface area contributed by atoms with Gasteiger partial charge >= 0.3 is 0 Å². The molecule has 1 aliphatic rings. The smallest absolute Gasteiger partial charge is 0.293 e. The lowest BCUT2D eigenvalue weighted by molar-refractivity contribution is 0.0999. The molecule has 0 radical (unpaired) electrons. The van der Waals surface area contributed by atoms with Gasteiger partial charge in [-0.2, -0.15) is 0 Å². The normalized spacial score (nSPS) is 13.3. The van der Waals surface area contributed by atoms with E-state index in [1.807, 2.05) is 36.4 Å². The summed E-state index contributed by atoms with van der Waals surface area (Å²) >= 11 is 0. The minimum absolute atomic E-state index is 0.120. The first-order valence-corrected chi connectivity index (χ1v) is 7.29. The molecule has 5 nitrogen and oxygen atoms in total. The van der Waals surface area contributed by atoms with Crippen molar-refractivity contribution in [3.63, 3.8) is 0 Å². The number of carbonyl (C=O) groups excluding carboxylic acids is 1. The molecule has 0 saturated carbocycles. The molecule has 0 atom stereocenters. The number of benzene rings is 1. The van der Waals surface area contributed by atoms with Crippen LogP contribution in [0.5, 0.6) is 0 Å². The number of aromatic nitrogens is 1. The number of nitrogens with two attached hydrogens (primary N) is 1. The van der Waals surface area contributed by atoms with Gasteiger partial charge in [-0.15, -0.1) is 0 Å². The van der Waals surface area contributed by atoms with Crippen molar-refractivity contribution in [2.75, 3.05) is 11.1 Å². The van der Waals surface area contributed by atoms with Crippen LogP contribution in [0.4, 0.5) is 11.4 Å². The van der Waals surface area contributed by atoms with Crippen molar-refractivity contribution in [2.24, 2.45) is 0 Å². The number of carbonyl (C=O) groups is 1. The summed E-state index contributed by atoms with van der Waals surface area (Å²) in [7, 11) is 0. The molecule has 0 spiro atoms. The molecule has 0 fully saturated rings. The summed E-state index contributed by atoms with van der Waals surface area (Å²) in [5, 5.41) is 3.50. The highest BCUT2D eigenvalue weighted by Gasteiger charge is 2.22. The minimum Gasteiger partial charge on any atom is -0.430 e. The number of amides is 1. The van der Waals surface area contributed by atoms with Crippen LogP contribution in [0.3, 0.4) is 0 Å². The molecule has 0 saturated heterocycles. The molecule has 1 amide bonds. The maximum Gasteiger partial charge on any atom is 0.293 e. The van der Waals surface area contributed by atoms with Gasteiger partial charge in [0.1, 0.15) is 0 Å². The van der Waals surface area contributed by atoms with Crippen LogP contribution in [0, 0.1) is 0 Å². The first-order chi connectivity index (χ1) is 10.7. The summed E-state index contributed by atoms with van der Waals surface area (Å²) in [4.78, 5) is 16.8. The second kappa shape index (κ2) is 4.87. The van der Waals surface area contributed by atoms with Crippen molar-refractivity contribution >= 4 is 28.4 Å². The van der Waals surface area contributed by atoms with E-state index in [1.54, 1.807) is 0 Å². The number of nitrogen functional groups attached to an aromatic ring is 1. The SMILES string of the molecule is Nc1c(C(=O)Nc2ccccc2)oc2nc3c(cc12)CCC3. The van der Waals surface area contributed by atoms with Gasteiger partial charge in [-0.25, -0.2) is 4.98 Å². The first kappa shape index (κ1) is 12.9. The second-order valence-electron chi connectivity index (χ2n) is 5.47. The summed E-state index contributed by atoms with van der Waals surface area (Å²) in [5.41, 5.74) is 9.84. The number of aryl methyl sites for hydroxylation is 2. The first-order valence-electron chi connectivity index (χ1n) is 7.29. The zero-order valence-corrected chi connectivity index (χ0v) is 11.9. The highest BCUT2D eigenvalue weighted by molar-refractivity contribution is 6.10. The number of nitrogens with zero attached hydrogens (tertiary/aromatic N) is 1. The molecule has 5 heteroatoms. The van der Waals surface area contributed by atoms with Crippen LogP contribution in [0.15, 0.2) is 40.8 Å². The van der Waals surface area contributed by atoms with E-state index in [1.165, 1.54) is 5.56 Å². The number of furan rings is 1. The van der Waals surface area contributed by atoms with E-state index in [2.05, 4.69) is 10.3 Å². The van der Waals surface area contributed by atoms with E-state index in [9.17, 15) is 4.79 Å². The van der Waals surface area contributed by atoms with Crippen LogP contribution >= 0.6 is 0 Å². The Kier molecular flexibility index (Phi) is 2.85. The van der Waals surface area contributed by atoms with Crippen molar-refractivity contribution in [1.29, 1.82) is 0 Å². The second-order valence-corrected chi connectivity index (χ2v) is 5.47. The van der Waals surface area contributed by atoms with Crippen molar-refractivity contribution in [1.82, 2.24) is 4.98 Å². The third kappa shape index (κ3) is 2.02. The molecule has 2 aromatic heterocycles. The number of anilines is 2. The molecular weight excluding hydrogens is 278 g/mol. The fourth-order valence-electron chi connectivity index (χ4n) is 2.88. The largest absolute Gasteiger partial charge is 0.430 e. The summed E-state index contributed by atoms with van der Waals surface area (Å²) in [5.74, 6) is -0.239. The zero-order valence-electron chi connectivity index (χ0n) is 11.9. The van der Waals surface area contributed by atoms with Crippen molar-refractivity contribution in [3.05, 3.63) is 53.4 Å². The average molecular weight is 293 g/mol. The number of fused-ring (bicyclic) bond motifs is 2. The van der Waals surface area contributed by atoms with Gasteiger partial charge in [0.05, 0.1) is 11.1 Å². The molecule has 3 aromatic rings. The number of rotatable bonds is 2. The standard InChI is InChI=1S/C17H15N3O2/c18-14-12-9-10-5-4-8-13(10)20-17(12)22-15(14)16(21)19-11-6-2-1-3-7-11/h1-3,6-7,9H,4-5,8,18H2,(H,19,21). The van der Waals surface area contributed by atoms with Gasteiger partial charge in [-0.3, -0.25) is 4.79 Å². The summed E-state index contributed by atoms with van der Waals surface area (Å²) in [6, 6.07) is 11.2. The van der Waals surface area contributed by atoms with E-state index in [-0.39, 0.29) is 11.7 Å². The predicted molar refractivity (Wildman–Crippen MR) is 84.8 cm³/mol. The molecule has 4 rings (SSSR count). The fourth-order valence-corrected chi connectivity index (χ4v) is 2.88. The van der Waals surface area contributed by atoms with Crippen LogP contribution < -0.4 is 11.1 Å². The Morgan fingerprint density at radius 1 is 1.23 bits per heavy atom. The summed E-state index contributed by atoms with van der Waals surface area (Å²) in [6.07, 6.45) is 3.07. The Hall–Kier alpha value is -2.82. The maximum atomic E-state index is 12.3.